The average Bonchev–Trinajstić information content (AvgIpc) is 3.04. The number of hydrogen-bond donors (Lipinski definition) is 1. The Balaban J connectivity index is 1.77. The number of benzene rings is 2. The third-order valence-corrected chi connectivity index (χ3v) is 4.79. The molecule has 1 N–H and O–H groups in total. The lowest BCUT2D eigenvalue weighted by Gasteiger charge is -2.35. The number of halogens is 2. The van der Waals surface area contributed by atoms with E-state index in [1.165, 1.54) is 17.7 Å². The van der Waals surface area contributed by atoms with E-state index in [1.807, 2.05) is 6.07 Å². The second kappa shape index (κ2) is 5.83. The Morgan fingerprint density at radius 1 is 1.04 bits per heavy atom. The molecule has 3 nitrogen and oxygen atoms in total. The Hall–Kier alpha value is -1.98. The highest BCUT2D eigenvalue weighted by atomic mass is 19.1. The third-order valence-electron chi connectivity index (χ3n) is 4.79. The van der Waals surface area contributed by atoms with Crippen molar-refractivity contribution in [2.75, 3.05) is 12.1 Å². The van der Waals surface area contributed by atoms with Crippen molar-refractivity contribution < 1.29 is 18.3 Å². The molecule has 126 valence electrons. The van der Waals surface area contributed by atoms with Crippen molar-refractivity contribution in [3.05, 3.63) is 64.7 Å². The quantitative estimate of drug-likeness (QED) is 0.867. The fourth-order valence-electron chi connectivity index (χ4n) is 3.48. The van der Waals surface area contributed by atoms with Gasteiger partial charge in [0.05, 0.1) is 6.04 Å². The third kappa shape index (κ3) is 2.48. The van der Waals surface area contributed by atoms with Crippen molar-refractivity contribution >= 4 is 5.69 Å². The van der Waals surface area contributed by atoms with Crippen molar-refractivity contribution in [3.63, 3.8) is 0 Å². The Morgan fingerprint density at radius 3 is 2.62 bits per heavy atom. The lowest BCUT2D eigenvalue weighted by Crippen LogP contribution is -2.35. The molecule has 2 aliphatic heterocycles. The summed E-state index contributed by atoms with van der Waals surface area (Å²) in [6, 6.07) is 9.39. The molecular weight excluding hydrogens is 312 g/mol. The molecule has 0 amide bonds. The zero-order valence-electron chi connectivity index (χ0n) is 13.6. The molecule has 1 fully saturated rings. The van der Waals surface area contributed by atoms with Gasteiger partial charge in [-0.1, -0.05) is 32.0 Å². The van der Waals surface area contributed by atoms with Gasteiger partial charge in [0.15, 0.2) is 0 Å². The van der Waals surface area contributed by atoms with Gasteiger partial charge in [0.1, 0.15) is 30.6 Å². The van der Waals surface area contributed by atoms with Gasteiger partial charge in [-0.05, 0) is 23.6 Å². The van der Waals surface area contributed by atoms with Crippen LogP contribution in [-0.2, 0) is 9.47 Å². The molecule has 5 heteroatoms. The fraction of sp³-hybridized carbons (Fsp3) is 0.368. The predicted octanol–water partition coefficient (Wildman–Crippen LogP) is 4.67. The van der Waals surface area contributed by atoms with Crippen LogP contribution in [-0.4, -0.2) is 12.9 Å². The van der Waals surface area contributed by atoms with Gasteiger partial charge in [0.2, 0.25) is 0 Å². The normalized spacial score (nSPS) is 25.3. The molecule has 2 aliphatic rings. The Morgan fingerprint density at radius 2 is 1.88 bits per heavy atom. The van der Waals surface area contributed by atoms with Crippen molar-refractivity contribution in [1.29, 1.82) is 0 Å². The monoisotopic (exact) mass is 331 g/mol. The fourth-order valence-corrected chi connectivity index (χ4v) is 3.48. The van der Waals surface area contributed by atoms with Crippen LogP contribution in [0.4, 0.5) is 14.5 Å². The van der Waals surface area contributed by atoms with Gasteiger partial charge in [-0.3, -0.25) is 0 Å². The maximum absolute atomic E-state index is 14.3. The summed E-state index contributed by atoms with van der Waals surface area (Å²) in [7, 11) is 0. The van der Waals surface area contributed by atoms with E-state index in [0.29, 0.717) is 11.5 Å². The van der Waals surface area contributed by atoms with Crippen LogP contribution >= 0.6 is 0 Å². The van der Waals surface area contributed by atoms with Gasteiger partial charge < -0.3 is 14.8 Å². The highest BCUT2D eigenvalue weighted by molar-refractivity contribution is 5.59. The molecule has 0 aliphatic carbocycles. The first kappa shape index (κ1) is 15.5. The van der Waals surface area contributed by atoms with Gasteiger partial charge in [-0.15, -0.1) is 0 Å². The molecule has 3 atom stereocenters. The zero-order valence-corrected chi connectivity index (χ0v) is 13.6. The van der Waals surface area contributed by atoms with Crippen LogP contribution in [0, 0.1) is 11.6 Å². The molecule has 2 aromatic carbocycles. The van der Waals surface area contributed by atoms with Crippen molar-refractivity contribution in [2.24, 2.45) is 0 Å². The summed E-state index contributed by atoms with van der Waals surface area (Å²) in [6.45, 7) is 4.44. The summed E-state index contributed by atoms with van der Waals surface area (Å²) in [6.07, 6.45) is -0.603. The summed E-state index contributed by atoms with van der Waals surface area (Å²) in [5.74, 6) is -0.762. The number of hydrogen-bond acceptors (Lipinski definition) is 3. The average molecular weight is 331 g/mol. The molecule has 0 saturated carbocycles. The summed E-state index contributed by atoms with van der Waals surface area (Å²) < 4.78 is 39.0. The molecule has 2 aromatic rings. The van der Waals surface area contributed by atoms with E-state index in [-0.39, 0.29) is 19.0 Å². The highest BCUT2D eigenvalue weighted by Crippen LogP contribution is 2.46. The number of nitrogens with one attached hydrogen (secondary N) is 1. The van der Waals surface area contributed by atoms with Crippen LogP contribution in [0.25, 0.3) is 0 Å². The van der Waals surface area contributed by atoms with E-state index in [9.17, 15) is 8.78 Å². The molecule has 24 heavy (non-hydrogen) atoms. The molecule has 3 unspecified atom stereocenters. The molecule has 4 rings (SSSR count). The Bertz CT molecular complexity index is 778. The first-order valence-corrected chi connectivity index (χ1v) is 8.13. The molecule has 2 heterocycles. The topological polar surface area (TPSA) is 30.5 Å². The van der Waals surface area contributed by atoms with Gasteiger partial charge >= 0.3 is 0 Å². The first-order valence-electron chi connectivity index (χ1n) is 8.13. The lowest BCUT2D eigenvalue weighted by molar-refractivity contribution is 0.0365. The molecule has 0 aromatic heterocycles. The van der Waals surface area contributed by atoms with Crippen LogP contribution < -0.4 is 5.32 Å². The van der Waals surface area contributed by atoms with Crippen LogP contribution in [0.5, 0.6) is 0 Å². The molecule has 0 spiro atoms. The van der Waals surface area contributed by atoms with Gasteiger partial charge in [0.25, 0.3) is 0 Å². The summed E-state index contributed by atoms with van der Waals surface area (Å²) >= 11 is 0. The second-order valence-electron chi connectivity index (χ2n) is 6.63. The van der Waals surface area contributed by atoms with Crippen LogP contribution in [0.2, 0.25) is 0 Å². The van der Waals surface area contributed by atoms with Crippen LogP contribution in [0.3, 0.4) is 0 Å². The van der Waals surface area contributed by atoms with E-state index in [0.717, 1.165) is 17.3 Å². The Kier molecular flexibility index (Phi) is 3.77. The zero-order chi connectivity index (χ0) is 16.8. The number of ether oxygens (including phenoxy) is 2. The Labute approximate surface area is 139 Å². The van der Waals surface area contributed by atoms with Crippen molar-refractivity contribution in [2.45, 2.75) is 38.0 Å². The molecule has 0 bridgehead atoms. The van der Waals surface area contributed by atoms with Crippen LogP contribution in [0.15, 0.2) is 36.4 Å². The molecular formula is C19H19F2NO2. The van der Waals surface area contributed by atoms with E-state index < -0.39 is 17.7 Å². The van der Waals surface area contributed by atoms with Gasteiger partial charge in [0, 0.05) is 22.9 Å². The minimum absolute atomic E-state index is 0.168. The predicted molar refractivity (Wildman–Crippen MR) is 86.8 cm³/mol. The minimum atomic E-state index is -0.589. The smallest absolute Gasteiger partial charge is 0.148 e. The summed E-state index contributed by atoms with van der Waals surface area (Å²) in [5, 5.41) is 3.34. The van der Waals surface area contributed by atoms with Crippen molar-refractivity contribution in [3.8, 4) is 0 Å². The highest BCUT2D eigenvalue weighted by Gasteiger charge is 2.43. The molecule has 1 saturated heterocycles. The second-order valence-corrected chi connectivity index (χ2v) is 6.63. The van der Waals surface area contributed by atoms with E-state index in [1.54, 1.807) is 0 Å². The standard InChI is InChI=1S/C19H19F2NO2/c1-10(2)11-3-6-16-14(7-11)18-19(24-9-23-18)17(22-16)13-5-4-12(20)8-15(13)21/h3-8,10,17-19,22H,9H2,1-2H3. The number of rotatable bonds is 2. The first-order chi connectivity index (χ1) is 11.5. The van der Waals surface area contributed by atoms with E-state index >= 15 is 0 Å². The number of anilines is 1. The minimum Gasteiger partial charge on any atom is -0.375 e. The summed E-state index contributed by atoms with van der Waals surface area (Å²) in [5.41, 5.74) is 3.54. The van der Waals surface area contributed by atoms with Gasteiger partial charge in [-0.25, -0.2) is 8.78 Å². The summed E-state index contributed by atoms with van der Waals surface area (Å²) in [4.78, 5) is 0. The van der Waals surface area contributed by atoms with E-state index in [4.69, 9.17) is 9.47 Å². The maximum atomic E-state index is 14.3. The van der Waals surface area contributed by atoms with Gasteiger partial charge in [-0.2, -0.15) is 0 Å². The largest absolute Gasteiger partial charge is 0.375 e. The lowest BCUT2D eigenvalue weighted by atomic mass is 9.86. The molecule has 0 radical (unpaired) electrons. The maximum Gasteiger partial charge on any atom is 0.148 e. The van der Waals surface area contributed by atoms with Crippen molar-refractivity contribution in [1.82, 2.24) is 0 Å². The van der Waals surface area contributed by atoms with Crippen LogP contribution in [0.1, 0.15) is 48.6 Å². The number of fused-ring (bicyclic) bond motifs is 3. The SMILES string of the molecule is CC(C)c1ccc2c(c1)C1OCOC1C(c1ccc(F)cc1F)N2. The van der Waals surface area contributed by atoms with E-state index in [2.05, 4.69) is 31.3 Å².